The van der Waals surface area contributed by atoms with Gasteiger partial charge in [0.05, 0.1) is 11.0 Å². The van der Waals surface area contributed by atoms with Crippen LogP contribution in [0.1, 0.15) is 22.7 Å². The lowest BCUT2D eigenvalue weighted by Crippen LogP contribution is -2.14. The maximum absolute atomic E-state index is 11.0. The van der Waals surface area contributed by atoms with Gasteiger partial charge in [0.15, 0.2) is 0 Å². The van der Waals surface area contributed by atoms with E-state index in [-0.39, 0.29) is 11.4 Å². The van der Waals surface area contributed by atoms with E-state index in [1.807, 2.05) is 36.4 Å². The van der Waals surface area contributed by atoms with Crippen molar-refractivity contribution in [2.45, 2.75) is 13.0 Å². The highest BCUT2D eigenvalue weighted by atomic mass is 16.6. The number of anilines is 1. The van der Waals surface area contributed by atoms with Crippen LogP contribution < -0.4 is 5.32 Å². The molecule has 0 saturated carbocycles. The molecule has 0 bridgehead atoms. The van der Waals surface area contributed by atoms with Gasteiger partial charge in [-0.25, -0.2) is 0 Å². The van der Waals surface area contributed by atoms with Crippen LogP contribution in [0.2, 0.25) is 0 Å². The normalized spacial score (nSPS) is 11.9. The molecule has 0 fully saturated rings. The van der Waals surface area contributed by atoms with Crippen molar-refractivity contribution in [3.63, 3.8) is 0 Å². The predicted molar refractivity (Wildman–Crippen MR) is 111 cm³/mol. The summed E-state index contributed by atoms with van der Waals surface area (Å²) in [4.78, 5) is 19.0. The van der Waals surface area contributed by atoms with Gasteiger partial charge in [-0.05, 0) is 42.3 Å². The third kappa shape index (κ3) is 3.58. The number of nitrogens with one attached hydrogen (secondary N) is 1. The zero-order chi connectivity index (χ0) is 20.4. The van der Waals surface area contributed by atoms with E-state index in [1.54, 1.807) is 31.6 Å². The van der Waals surface area contributed by atoms with Crippen LogP contribution in [0.4, 0.5) is 11.4 Å². The Balaban J connectivity index is 1.82. The fourth-order valence-corrected chi connectivity index (χ4v) is 3.35. The standard InChI is InChI=1S/C22H18N4O3/c1-14-13-17(26(28)29)5-7-19(14)25-20(16-8-11-23-12-9-16)18-6-4-15-3-2-10-24-21(15)22(18)27/h2-13,20,25,27H,1H3. The minimum absolute atomic E-state index is 0.0336. The molecule has 4 aromatic rings. The number of nitro groups is 1. The Bertz CT molecular complexity index is 1200. The van der Waals surface area contributed by atoms with E-state index in [9.17, 15) is 15.2 Å². The van der Waals surface area contributed by atoms with Crippen LogP contribution in [-0.2, 0) is 0 Å². The molecule has 7 nitrogen and oxygen atoms in total. The van der Waals surface area contributed by atoms with Gasteiger partial charge in [0, 0.05) is 47.4 Å². The number of benzene rings is 2. The summed E-state index contributed by atoms with van der Waals surface area (Å²) in [5, 5.41) is 26.2. The fraction of sp³-hybridized carbons (Fsp3) is 0.0909. The number of nitro benzene ring substituents is 1. The maximum Gasteiger partial charge on any atom is 0.269 e. The number of phenolic OH excluding ortho intramolecular Hbond substituents is 1. The van der Waals surface area contributed by atoms with E-state index in [0.29, 0.717) is 11.1 Å². The molecule has 0 aliphatic rings. The monoisotopic (exact) mass is 386 g/mol. The summed E-state index contributed by atoms with van der Waals surface area (Å²) in [7, 11) is 0. The Morgan fingerprint density at radius 1 is 1.07 bits per heavy atom. The van der Waals surface area contributed by atoms with Crippen LogP contribution in [0.15, 0.2) is 73.2 Å². The van der Waals surface area contributed by atoms with Gasteiger partial charge in [-0.3, -0.25) is 20.1 Å². The Kier molecular flexibility index (Phi) is 4.78. The zero-order valence-electron chi connectivity index (χ0n) is 15.6. The number of fused-ring (bicyclic) bond motifs is 1. The highest BCUT2D eigenvalue weighted by molar-refractivity contribution is 5.86. The summed E-state index contributed by atoms with van der Waals surface area (Å²) in [6.45, 7) is 1.81. The van der Waals surface area contributed by atoms with Crippen LogP contribution in [0.3, 0.4) is 0 Å². The van der Waals surface area contributed by atoms with Crippen LogP contribution in [-0.4, -0.2) is 20.0 Å². The molecule has 0 aliphatic carbocycles. The van der Waals surface area contributed by atoms with Gasteiger partial charge < -0.3 is 10.4 Å². The van der Waals surface area contributed by atoms with E-state index in [0.717, 1.165) is 22.2 Å². The number of pyridine rings is 2. The van der Waals surface area contributed by atoms with Crippen molar-refractivity contribution < 1.29 is 10.0 Å². The number of aromatic hydroxyl groups is 1. The molecule has 144 valence electrons. The Morgan fingerprint density at radius 3 is 2.59 bits per heavy atom. The molecule has 7 heteroatoms. The maximum atomic E-state index is 11.0. The lowest BCUT2D eigenvalue weighted by Gasteiger charge is -2.23. The van der Waals surface area contributed by atoms with Crippen molar-refractivity contribution in [3.8, 4) is 5.75 Å². The second-order valence-corrected chi connectivity index (χ2v) is 6.69. The number of rotatable bonds is 5. The number of aryl methyl sites for hydroxylation is 1. The highest BCUT2D eigenvalue weighted by Gasteiger charge is 2.21. The molecular weight excluding hydrogens is 368 g/mol. The van der Waals surface area contributed by atoms with Gasteiger partial charge in [-0.1, -0.05) is 18.2 Å². The molecule has 0 aliphatic heterocycles. The number of non-ortho nitro benzene ring substituents is 1. The third-order valence-corrected chi connectivity index (χ3v) is 4.85. The summed E-state index contributed by atoms with van der Waals surface area (Å²) >= 11 is 0. The summed E-state index contributed by atoms with van der Waals surface area (Å²) in [6.07, 6.45) is 5.01. The van der Waals surface area contributed by atoms with Crippen molar-refractivity contribution in [2.24, 2.45) is 0 Å². The number of aromatic nitrogens is 2. The summed E-state index contributed by atoms with van der Waals surface area (Å²) in [6, 6.07) is 15.5. The van der Waals surface area contributed by atoms with Crippen molar-refractivity contribution in [1.82, 2.24) is 9.97 Å². The molecule has 29 heavy (non-hydrogen) atoms. The van der Waals surface area contributed by atoms with Crippen molar-refractivity contribution >= 4 is 22.3 Å². The lowest BCUT2D eigenvalue weighted by atomic mass is 9.96. The van der Waals surface area contributed by atoms with E-state index < -0.39 is 11.0 Å². The summed E-state index contributed by atoms with van der Waals surface area (Å²) < 4.78 is 0. The highest BCUT2D eigenvalue weighted by Crippen LogP contribution is 2.37. The van der Waals surface area contributed by atoms with Crippen LogP contribution in [0.25, 0.3) is 10.9 Å². The summed E-state index contributed by atoms with van der Waals surface area (Å²) in [5.74, 6) is 0.0944. The second-order valence-electron chi connectivity index (χ2n) is 6.69. The molecular formula is C22H18N4O3. The van der Waals surface area contributed by atoms with Gasteiger partial charge in [0.25, 0.3) is 5.69 Å². The lowest BCUT2D eigenvalue weighted by molar-refractivity contribution is -0.384. The van der Waals surface area contributed by atoms with Crippen LogP contribution in [0.5, 0.6) is 5.75 Å². The average Bonchev–Trinajstić information content (AvgIpc) is 2.74. The first-order valence-electron chi connectivity index (χ1n) is 9.02. The molecule has 1 atom stereocenters. The molecule has 1 unspecified atom stereocenters. The van der Waals surface area contributed by atoms with Crippen LogP contribution >= 0.6 is 0 Å². The van der Waals surface area contributed by atoms with Gasteiger partial charge >= 0.3 is 0 Å². The molecule has 2 aromatic carbocycles. The minimum Gasteiger partial charge on any atom is -0.505 e. The Labute approximate surface area is 166 Å². The van der Waals surface area contributed by atoms with E-state index in [1.165, 1.54) is 12.1 Å². The first-order chi connectivity index (χ1) is 14.0. The molecule has 4 rings (SSSR count). The third-order valence-electron chi connectivity index (χ3n) is 4.85. The van der Waals surface area contributed by atoms with Crippen molar-refractivity contribution in [1.29, 1.82) is 0 Å². The van der Waals surface area contributed by atoms with Gasteiger partial charge in [-0.2, -0.15) is 0 Å². The van der Waals surface area contributed by atoms with E-state index >= 15 is 0 Å². The number of hydrogen-bond acceptors (Lipinski definition) is 6. The fourth-order valence-electron chi connectivity index (χ4n) is 3.35. The van der Waals surface area contributed by atoms with Crippen molar-refractivity contribution in [3.05, 3.63) is 100.0 Å². The molecule has 2 N–H and O–H groups in total. The molecule has 0 amide bonds. The smallest absolute Gasteiger partial charge is 0.269 e. The number of hydrogen-bond donors (Lipinski definition) is 2. The molecule has 0 saturated heterocycles. The SMILES string of the molecule is Cc1cc([N+](=O)[O-])ccc1NC(c1ccncc1)c1ccc2cccnc2c1O. The van der Waals surface area contributed by atoms with Crippen LogP contribution in [0, 0.1) is 17.0 Å². The molecule has 0 spiro atoms. The molecule has 0 radical (unpaired) electrons. The Morgan fingerprint density at radius 2 is 1.86 bits per heavy atom. The predicted octanol–water partition coefficient (Wildman–Crippen LogP) is 4.75. The minimum atomic E-state index is -0.419. The number of phenols is 1. The molecule has 2 aromatic heterocycles. The van der Waals surface area contributed by atoms with E-state index in [4.69, 9.17) is 0 Å². The molecule has 2 heterocycles. The largest absolute Gasteiger partial charge is 0.505 e. The first-order valence-corrected chi connectivity index (χ1v) is 9.02. The van der Waals surface area contributed by atoms with E-state index in [2.05, 4.69) is 15.3 Å². The topological polar surface area (TPSA) is 101 Å². The number of nitrogens with zero attached hydrogens (tertiary/aromatic N) is 3. The first kappa shape index (κ1) is 18.4. The van der Waals surface area contributed by atoms with Gasteiger partial charge in [0.1, 0.15) is 11.3 Å². The average molecular weight is 386 g/mol. The van der Waals surface area contributed by atoms with Gasteiger partial charge in [-0.15, -0.1) is 0 Å². The van der Waals surface area contributed by atoms with Gasteiger partial charge in [0.2, 0.25) is 0 Å². The quantitative estimate of drug-likeness (QED) is 0.379. The van der Waals surface area contributed by atoms with Crippen molar-refractivity contribution in [2.75, 3.05) is 5.32 Å². The second kappa shape index (κ2) is 7.55. The Hall–Kier alpha value is -4.00. The zero-order valence-corrected chi connectivity index (χ0v) is 15.6. The summed E-state index contributed by atoms with van der Waals surface area (Å²) in [5.41, 5.74) is 3.57.